The van der Waals surface area contributed by atoms with Crippen LogP contribution in [0, 0.1) is 0 Å². The van der Waals surface area contributed by atoms with Crippen LogP contribution in [0.2, 0.25) is 0 Å². The fourth-order valence-electron chi connectivity index (χ4n) is 0.941. The Labute approximate surface area is 71.0 Å². The molecule has 0 saturated heterocycles. The zero-order chi connectivity index (χ0) is 10.2. The number of hydrogen-bond donors (Lipinski definition) is 0. The van der Waals surface area contributed by atoms with Crippen molar-refractivity contribution in [2.45, 2.75) is 12.1 Å². The summed E-state index contributed by atoms with van der Waals surface area (Å²) in [6, 6.07) is 0. The van der Waals surface area contributed by atoms with E-state index in [4.69, 9.17) is 0 Å². The summed E-state index contributed by atoms with van der Waals surface area (Å²) in [4.78, 5) is 0. The van der Waals surface area contributed by atoms with E-state index in [0.29, 0.717) is 6.08 Å². The second-order valence-corrected chi connectivity index (χ2v) is 2.59. The van der Waals surface area contributed by atoms with Gasteiger partial charge in [0.25, 0.3) is 0 Å². The minimum absolute atomic E-state index is 0.397. The molecule has 0 radical (unpaired) electrons. The lowest BCUT2D eigenvalue weighted by molar-refractivity contribution is 0.199. The van der Waals surface area contributed by atoms with Gasteiger partial charge in [-0.3, -0.25) is 0 Å². The van der Waals surface area contributed by atoms with E-state index in [9.17, 15) is 22.0 Å². The summed E-state index contributed by atoms with van der Waals surface area (Å²) < 4.78 is 63.0. The minimum atomic E-state index is -2.97. The van der Waals surface area contributed by atoms with Crippen molar-refractivity contribution in [3.05, 3.63) is 36.0 Å². The van der Waals surface area contributed by atoms with Crippen LogP contribution in [0.15, 0.2) is 36.0 Å². The third kappa shape index (κ3) is 1.38. The molecule has 0 nitrogen and oxygen atoms in total. The van der Waals surface area contributed by atoms with Crippen LogP contribution in [0.25, 0.3) is 0 Å². The largest absolute Gasteiger partial charge is 0.231 e. The van der Waals surface area contributed by atoms with E-state index < -0.39 is 35.4 Å². The molecule has 0 heterocycles. The Kier molecular flexibility index (Phi) is 2.28. The topological polar surface area (TPSA) is 0 Å². The fourth-order valence-corrected chi connectivity index (χ4v) is 0.941. The minimum Gasteiger partial charge on any atom is -0.231 e. The summed E-state index contributed by atoms with van der Waals surface area (Å²) in [6.07, 6.45) is -0.796. The van der Waals surface area contributed by atoms with Gasteiger partial charge in [-0.1, -0.05) is 6.58 Å². The van der Waals surface area contributed by atoms with Crippen molar-refractivity contribution in [2.75, 3.05) is 0 Å². The summed E-state index contributed by atoms with van der Waals surface area (Å²) in [5, 5.41) is 0. The monoisotopic (exact) mass is 196 g/mol. The van der Waals surface area contributed by atoms with Crippen molar-refractivity contribution in [3.8, 4) is 0 Å². The molecule has 1 rings (SSSR count). The molecule has 0 aromatic rings. The molecule has 0 aromatic heterocycles. The summed E-state index contributed by atoms with van der Waals surface area (Å²) >= 11 is 0. The second-order valence-electron chi connectivity index (χ2n) is 2.59. The first kappa shape index (κ1) is 9.95. The molecule has 0 saturated carbocycles. The Morgan fingerprint density at radius 1 is 1.15 bits per heavy atom. The molecule has 1 aliphatic rings. The van der Waals surface area contributed by atoms with Gasteiger partial charge in [-0.25, -0.2) is 22.0 Å². The third-order valence-corrected chi connectivity index (χ3v) is 1.72. The Hall–Kier alpha value is -1.13. The quantitative estimate of drug-likeness (QED) is 0.444. The molecule has 1 aliphatic carbocycles. The Bertz CT molecular complexity index is 314. The van der Waals surface area contributed by atoms with Crippen molar-refractivity contribution in [2.24, 2.45) is 0 Å². The number of halogens is 5. The van der Waals surface area contributed by atoms with E-state index >= 15 is 0 Å². The molecule has 0 N–H and O–H groups in total. The molecule has 0 aliphatic heterocycles. The standard InChI is InChI=1S/C8H5F5/c1-2-8(13)3-4(9)5(10)6(11)7(8)12/h2H,1,3H2. The van der Waals surface area contributed by atoms with Crippen LogP contribution >= 0.6 is 0 Å². The molecule has 1 atom stereocenters. The van der Waals surface area contributed by atoms with E-state index in [0.717, 1.165) is 0 Å². The highest BCUT2D eigenvalue weighted by molar-refractivity contribution is 5.38. The maximum absolute atomic E-state index is 13.1. The average molecular weight is 196 g/mol. The number of allylic oxidation sites excluding steroid dienone is 5. The zero-order valence-electron chi connectivity index (χ0n) is 6.38. The Morgan fingerprint density at radius 2 is 1.69 bits per heavy atom. The highest BCUT2D eigenvalue weighted by Crippen LogP contribution is 2.42. The fraction of sp³-hybridized carbons (Fsp3) is 0.250. The highest BCUT2D eigenvalue weighted by atomic mass is 19.2. The second kappa shape index (κ2) is 2.97. The van der Waals surface area contributed by atoms with Crippen LogP contribution in [-0.2, 0) is 0 Å². The van der Waals surface area contributed by atoms with E-state index in [1.165, 1.54) is 0 Å². The van der Waals surface area contributed by atoms with Gasteiger partial charge in [-0.2, -0.15) is 0 Å². The van der Waals surface area contributed by atoms with Crippen LogP contribution < -0.4 is 0 Å². The van der Waals surface area contributed by atoms with Crippen LogP contribution in [0.5, 0.6) is 0 Å². The molecular formula is C8H5F5. The van der Waals surface area contributed by atoms with Gasteiger partial charge < -0.3 is 0 Å². The molecule has 0 amide bonds. The van der Waals surface area contributed by atoms with Gasteiger partial charge in [-0.15, -0.1) is 0 Å². The maximum Gasteiger partial charge on any atom is 0.196 e. The predicted molar refractivity (Wildman–Crippen MR) is 37.1 cm³/mol. The first-order valence-electron chi connectivity index (χ1n) is 3.35. The van der Waals surface area contributed by atoms with Crippen LogP contribution in [0.3, 0.4) is 0 Å². The van der Waals surface area contributed by atoms with Gasteiger partial charge >= 0.3 is 0 Å². The van der Waals surface area contributed by atoms with Gasteiger partial charge in [0.15, 0.2) is 23.1 Å². The average Bonchev–Trinajstić information content (AvgIpc) is 2.12. The molecule has 1 unspecified atom stereocenters. The first-order valence-corrected chi connectivity index (χ1v) is 3.35. The lowest BCUT2D eigenvalue weighted by Gasteiger charge is -2.22. The molecule has 0 fully saturated rings. The number of rotatable bonds is 1. The zero-order valence-corrected chi connectivity index (χ0v) is 6.38. The van der Waals surface area contributed by atoms with Gasteiger partial charge in [0.1, 0.15) is 5.83 Å². The maximum atomic E-state index is 13.1. The molecule has 0 spiro atoms. The lowest BCUT2D eigenvalue weighted by Crippen LogP contribution is -2.25. The Balaban J connectivity index is 3.26. The molecule has 13 heavy (non-hydrogen) atoms. The molecule has 0 aromatic carbocycles. The lowest BCUT2D eigenvalue weighted by atomic mass is 9.94. The Morgan fingerprint density at radius 3 is 2.15 bits per heavy atom. The SMILES string of the molecule is C=CC1(F)CC(F)=C(F)C(F)=C1F. The van der Waals surface area contributed by atoms with Crippen molar-refractivity contribution in [1.82, 2.24) is 0 Å². The summed E-state index contributed by atoms with van der Waals surface area (Å²) in [5.74, 6) is -7.73. The van der Waals surface area contributed by atoms with Crippen molar-refractivity contribution < 1.29 is 22.0 Å². The normalized spacial score (nSPS) is 29.6. The van der Waals surface area contributed by atoms with E-state index in [2.05, 4.69) is 6.58 Å². The van der Waals surface area contributed by atoms with Gasteiger partial charge in [0.05, 0.1) is 0 Å². The molecular weight excluding hydrogens is 191 g/mol. The number of hydrogen-bond acceptors (Lipinski definition) is 0. The van der Waals surface area contributed by atoms with Crippen LogP contribution in [-0.4, -0.2) is 5.67 Å². The third-order valence-electron chi connectivity index (χ3n) is 1.72. The van der Waals surface area contributed by atoms with Gasteiger partial charge in [0.2, 0.25) is 0 Å². The van der Waals surface area contributed by atoms with E-state index in [1.54, 1.807) is 0 Å². The van der Waals surface area contributed by atoms with E-state index in [1.807, 2.05) is 0 Å². The number of alkyl halides is 1. The van der Waals surface area contributed by atoms with Crippen LogP contribution in [0.4, 0.5) is 22.0 Å². The highest BCUT2D eigenvalue weighted by Gasteiger charge is 2.42. The molecule has 72 valence electrons. The smallest absolute Gasteiger partial charge is 0.196 e. The predicted octanol–water partition coefficient (Wildman–Crippen LogP) is 3.59. The van der Waals surface area contributed by atoms with Crippen molar-refractivity contribution in [3.63, 3.8) is 0 Å². The molecule has 0 bridgehead atoms. The van der Waals surface area contributed by atoms with Crippen LogP contribution in [0.1, 0.15) is 6.42 Å². The van der Waals surface area contributed by atoms with E-state index in [-0.39, 0.29) is 0 Å². The van der Waals surface area contributed by atoms with Gasteiger partial charge in [0, 0.05) is 6.42 Å². The van der Waals surface area contributed by atoms with Crippen molar-refractivity contribution >= 4 is 0 Å². The summed E-state index contributed by atoms with van der Waals surface area (Å²) in [6.45, 7) is 2.87. The first-order chi connectivity index (χ1) is 5.92. The van der Waals surface area contributed by atoms with Crippen molar-refractivity contribution in [1.29, 1.82) is 0 Å². The molecule has 5 heteroatoms. The summed E-state index contributed by atoms with van der Waals surface area (Å²) in [5.41, 5.74) is -2.97. The van der Waals surface area contributed by atoms with Gasteiger partial charge in [-0.05, 0) is 6.08 Å². The summed E-state index contributed by atoms with van der Waals surface area (Å²) in [7, 11) is 0.